The second-order valence-electron chi connectivity index (χ2n) is 6.85. The Bertz CT molecular complexity index is 850. The van der Waals surface area contributed by atoms with E-state index < -0.39 is 5.54 Å². The Balaban J connectivity index is 1.66. The number of hydrogen-bond donors (Lipinski definition) is 2. The second kappa shape index (κ2) is 6.53. The predicted octanol–water partition coefficient (Wildman–Crippen LogP) is 3.15. The number of anilines is 3. The third-order valence-electron chi connectivity index (χ3n) is 4.81. The van der Waals surface area contributed by atoms with Gasteiger partial charge in [0.05, 0.1) is 28.7 Å². The van der Waals surface area contributed by atoms with E-state index in [4.69, 9.17) is 9.84 Å². The van der Waals surface area contributed by atoms with E-state index in [-0.39, 0.29) is 5.97 Å². The highest BCUT2D eigenvalue weighted by Gasteiger charge is 2.44. The first-order valence-electron chi connectivity index (χ1n) is 8.82. The molecule has 1 saturated carbocycles. The Kier molecular flexibility index (Phi) is 4.34. The molecule has 2 aromatic rings. The van der Waals surface area contributed by atoms with Crippen LogP contribution >= 0.6 is 15.9 Å². The molecule has 1 unspecified atom stereocenters. The first-order chi connectivity index (χ1) is 12.5. The van der Waals surface area contributed by atoms with E-state index in [1.54, 1.807) is 10.9 Å². The molecule has 0 amide bonds. The van der Waals surface area contributed by atoms with Crippen LogP contribution in [0.3, 0.4) is 0 Å². The van der Waals surface area contributed by atoms with Gasteiger partial charge in [-0.15, -0.1) is 0 Å². The maximum Gasteiger partial charge on any atom is 0.333 e. The van der Waals surface area contributed by atoms with Crippen molar-refractivity contribution in [3.8, 4) is 0 Å². The number of nitrogens with zero attached hydrogens (tertiary/aromatic N) is 4. The van der Waals surface area contributed by atoms with Gasteiger partial charge in [-0.2, -0.15) is 10.1 Å². The molecule has 2 aromatic heterocycles. The minimum atomic E-state index is -0.751. The molecule has 2 fully saturated rings. The smallest absolute Gasteiger partial charge is 0.333 e. The molecule has 1 saturated heterocycles. The van der Waals surface area contributed by atoms with Gasteiger partial charge in [0, 0.05) is 25.1 Å². The lowest BCUT2D eigenvalue weighted by Crippen LogP contribution is -2.35. The van der Waals surface area contributed by atoms with Crippen LogP contribution in [-0.2, 0) is 15.1 Å². The van der Waals surface area contributed by atoms with E-state index in [1.165, 1.54) is 0 Å². The van der Waals surface area contributed by atoms with E-state index in [9.17, 15) is 4.79 Å². The van der Waals surface area contributed by atoms with Gasteiger partial charge in [0.2, 0.25) is 5.95 Å². The highest BCUT2D eigenvalue weighted by molar-refractivity contribution is 9.10. The molecular weight excluding hydrogens is 400 g/mol. The predicted molar refractivity (Wildman–Crippen MR) is 101 cm³/mol. The Morgan fingerprint density at radius 3 is 2.92 bits per heavy atom. The molecule has 138 valence electrons. The van der Waals surface area contributed by atoms with Gasteiger partial charge >= 0.3 is 5.97 Å². The number of ether oxygens (including phenoxy) is 1. The van der Waals surface area contributed by atoms with Gasteiger partial charge in [0.15, 0.2) is 5.54 Å². The van der Waals surface area contributed by atoms with E-state index in [2.05, 4.69) is 36.5 Å². The van der Waals surface area contributed by atoms with E-state index in [0.717, 1.165) is 41.1 Å². The van der Waals surface area contributed by atoms with Crippen molar-refractivity contribution in [1.29, 1.82) is 0 Å². The van der Waals surface area contributed by atoms with Gasteiger partial charge in [-0.3, -0.25) is 4.68 Å². The molecule has 1 aliphatic carbocycles. The molecule has 9 heteroatoms. The van der Waals surface area contributed by atoms with Crippen LogP contribution in [0.4, 0.5) is 17.5 Å². The maximum atomic E-state index is 12.2. The van der Waals surface area contributed by atoms with Crippen LogP contribution in [0.5, 0.6) is 0 Å². The number of nitrogens with one attached hydrogen (secondary N) is 2. The molecule has 0 radical (unpaired) electrons. The zero-order valence-electron chi connectivity index (χ0n) is 14.8. The summed E-state index contributed by atoms with van der Waals surface area (Å²) >= 11 is 3.44. The molecular formula is C17H21BrN6O2. The number of esters is 1. The monoisotopic (exact) mass is 420 g/mol. The first-order valence-corrected chi connectivity index (χ1v) is 9.61. The lowest BCUT2D eigenvalue weighted by Gasteiger charge is -2.19. The van der Waals surface area contributed by atoms with Gasteiger partial charge in [-0.05, 0) is 42.6 Å². The fourth-order valence-corrected chi connectivity index (χ4v) is 3.37. The molecule has 0 spiro atoms. The van der Waals surface area contributed by atoms with Crippen LogP contribution in [0.15, 0.2) is 16.9 Å². The Morgan fingerprint density at radius 2 is 2.27 bits per heavy atom. The third kappa shape index (κ3) is 3.04. The summed E-state index contributed by atoms with van der Waals surface area (Å²) in [7, 11) is 0. The molecule has 1 atom stereocenters. The lowest BCUT2D eigenvalue weighted by molar-refractivity contribution is -0.145. The number of rotatable bonds is 6. The van der Waals surface area contributed by atoms with Crippen molar-refractivity contribution >= 4 is 39.4 Å². The highest BCUT2D eigenvalue weighted by atomic mass is 79.9. The van der Waals surface area contributed by atoms with Crippen LogP contribution in [0.2, 0.25) is 0 Å². The Hall–Kier alpha value is -2.16. The highest BCUT2D eigenvalue weighted by Crippen LogP contribution is 2.44. The SMILES string of the molecule is CCNc1nc(Nc2cn(C3(C)CCOC3=O)nc2C2CC2)ncc1Br. The zero-order valence-corrected chi connectivity index (χ0v) is 16.3. The topological polar surface area (TPSA) is 94.0 Å². The fourth-order valence-electron chi connectivity index (χ4n) is 3.04. The Morgan fingerprint density at radius 1 is 1.46 bits per heavy atom. The fraction of sp³-hybridized carbons (Fsp3) is 0.529. The molecule has 0 aromatic carbocycles. The number of aromatic nitrogens is 4. The maximum absolute atomic E-state index is 12.2. The number of hydrogen-bond acceptors (Lipinski definition) is 7. The summed E-state index contributed by atoms with van der Waals surface area (Å²) in [4.78, 5) is 21.0. The van der Waals surface area contributed by atoms with E-state index >= 15 is 0 Å². The Labute approximate surface area is 159 Å². The van der Waals surface area contributed by atoms with Gasteiger partial charge in [-0.1, -0.05) is 0 Å². The molecule has 1 aliphatic heterocycles. The largest absolute Gasteiger partial charge is 0.464 e. The summed E-state index contributed by atoms with van der Waals surface area (Å²) in [5, 5.41) is 11.2. The summed E-state index contributed by atoms with van der Waals surface area (Å²) in [6.45, 7) is 5.08. The molecule has 2 aliphatic rings. The van der Waals surface area contributed by atoms with Gasteiger partial charge < -0.3 is 15.4 Å². The quantitative estimate of drug-likeness (QED) is 0.692. The number of halogens is 1. The van der Waals surface area contributed by atoms with Crippen molar-refractivity contribution in [2.75, 3.05) is 23.8 Å². The molecule has 0 bridgehead atoms. The summed E-state index contributed by atoms with van der Waals surface area (Å²) in [6, 6.07) is 0. The van der Waals surface area contributed by atoms with Gasteiger partial charge in [0.1, 0.15) is 5.82 Å². The van der Waals surface area contributed by atoms with Crippen molar-refractivity contribution in [3.63, 3.8) is 0 Å². The van der Waals surface area contributed by atoms with Crippen molar-refractivity contribution < 1.29 is 9.53 Å². The lowest BCUT2D eigenvalue weighted by atomic mass is 10.0. The van der Waals surface area contributed by atoms with Crippen molar-refractivity contribution in [3.05, 3.63) is 22.6 Å². The molecule has 26 heavy (non-hydrogen) atoms. The van der Waals surface area contributed by atoms with Crippen LogP contribution in [0, 0.1) is 0 Å². The van der Waals surface area contributed by atoms with Gasteiger partial charge in [0.25, 0.3) is 0 Å². The van der Waals surface area contributed by atoms with Crippen molar-refractivity contribution in [2.24, 2.45) is 0 Å². The summed E-state index contributed by atoms with van der Waals surface area (Å²) in [5.41, 5.74) is 1.06. The molecule has 4 rings (SSSR count). The van der Waals surface area contributed by atoms with E-state index in [0.29, 0.717) is 24.9 Å². The summed E-state index contributed by atoms with van der Waals surface area (Å²) in [5.74, 6) is 1.41. The average Bonchev–Trinajstić information content (AvgIpc) is 3.29. The standard InChI is InChI=1S/C17H21BrN6O2/c1-3-19-14-11(18)8-20-16(22-14)21-12-9-24(23-13(12)10-4-5-10)17(2)6-7-26-15(17)25/h8-10H,3-7H2,1-2H3,(H2,19,20,21,22). The minimum absolute atomic E-state index is 0.233. The van der Waals surface area contributed by atoms with Crippen LogP contribution in [0.1, 0.15) is 44.7 Å². The average molecular weight is 421 g/mol. The molecule has 8 nitrogen and oxygen atoms in total. The number of carbonyl (C=O) groups excluding carboxylic acids is 1. The second-order valence-corrected chi connectivity index (χ2v) is 7.71. The summed E-state index contributed by atoms with van der Waals surface area (Å²) < 4.78 is 7.71. The van der Waals surface area contributed by atoms with Gasteiger partial charge in [-0.25, -0.2) is 9.78 Å². The molecule has 2 N–H and O–H groups in total. The number of cyclic esters (lactones) is 1. The zero-order chi connectivity index (χ0) is 18.3. The number of carbonyl (C=O) groups is 1. The van der Waals surface area contributed by atoms with Crippen molar-refractivity contribution in [2.45, 2.75) is 44.6 Å². The van der Waals surface area contributed by atoms with Crippen LogP contribution in [0.25, 0.3) is 0 Å². The first kappa shape index (κ1) is 17.3. The third-order valence-corrected chi connectivity index (χ3v) is 5.39. The molecule has 3 heterocycles. The normalized spacial score (nSPS) is 22.3. The van der Waals surface area contributed by atoms with E-state index in [1.807, 2.05) is 20.0 Å². The minimum Gasteiger partial charge on any atom is -0.464 e. The van der Waals surface area contributed by atoms with Crippen LogP contribution < -0.4 is 10.6 Å². The summed E-state index contributed by atoms with van der Waals surface area (Å²) in [6.07, 6.45) is 6.42. The van der Waals surface area contributed by atoms with Crippen LogP contribution in [-0.4, -0.2) is 38.9 Å². The van der Waals surface area contributed by atoms with Crippen molar-refractivity contribution in [1.82, 2.24) is 19.7 Å².